The summed E-state index contributed by atoms with van der Waals surface area (Å²) < 4.78 is 33.8. The molecule has 0 aliphatic carbocycles. The molecule has 1 N–H and O–H groups in total. The van der Waals surface area contributed by atoms with Gasteiger partial charge in [0.15, 0.2) is 40.8 Å². The number of rotatable bonds is 11. The highest BCUT2D eigenvalue weighted by atomic mass is 32.1. The van der Waals surface area contributed by atoms with Crippen molar-refractivity contribution in [3.8, 4) is 34.5 Å². The van der Waals surface area contributed by atoms with Crippen molar-refractivity contribution >= 4 is 38.3 Å². The van der Waals surface area contributed by atoms with Gasteiger partial charge in [-0.2, -0.15) is 0 Å². The van der Waals surface area contributed by atoms with E-state index in [2.05, 4.69) is 15.5 Å². The third kappa shape index (κ3) is 5.92. The number of thiazole rings is 1. The van der Waals surface area contributed by atoms with Gasteiger partial charge in [0.25, 0.3) is 5.91 Å². The molecule has 5 rings (SSSR count). The molecule has 4 aromatic rings. The van der Waals surface area contributed by atoms with Gasteiger partial charge in [-0.1, -0.05) is 22.6 Å². The smallest absolute Gasteiger partial charge is 0.264 e. The van der Waals surface area contributed by atoms with Crippen molar-refractivity contribution in [1.82, 2.24) is 4.98 Å². The van der Waals surface area contributed by atoms with Crippen LogP contribution in [0.15, 0.2) is 53.7 Å². The highest BCUT2D eigenvalue weighted by Crippen LogP contribution is 2.41. The zero-order valence-electron chi connectivity index (χ0n) is 23.2. The number of nitrogens with one attached hydrogen (secondary N) is 1. The summed E-state index contributed by atoms with van der Waals surface area (Å²) in [5, 5.41) is 7.56. The first-order valence-corrected chi connectivity index (χ1v) is 13.4. The van der Waals surface area contributed by atoms with Crippen molar-refractivity contribution in [1.29, 1.82) is 0 Å². The number of nitrogens with zero attached hydrogens (tertiary/aromatic N) is 2. The summed E-state index contributed by atoms with van der Waals surface area (Å²) in [6, 6.07) is 14.6. The predicted octanol–water partition coefficient (Wildman–Crippen LogP) is 5.22. The molecule has 0 fully saturated rings. The van der Waals surface area contributed by atoms with Gasteiger partial charge in [-0.15, -0.1) is 0 Å². The maximum atomic E-state index is 12.7. The number of amides is 1. The Morgan fingerprint density at radius 2 is 1.66 bits per heavy atom. The lowest BCUT2D eigenvalue weighted by Gasteiger charge is -2.15. The van der Waals surface area contributed by atoms with E-state index in [1.165, 1.54) is 18.4 Å². The van der Waals surface area contributed by atoms with Crippen LogP contribution in [0.3, 0.4) is 0 Å². The summed E-state index contributed by atoms with van der Waals surface area (Å²) in [6.45, 7) is -0.238. The Labute approximate surface area is 240 Å². The van der Waals surface area contributed by atoms with Gasteiger partial charge in [0.05, 0.1) is 51.5 Å². The number of ether oxygens (including phenoxy) is 6. The first-order chi connectivity index (χ1) is 20.0. The van der Waals surface area contributed by atoms with E-state index >= 15 is 0 Å². The predicted molar refractivity (Wildman–Crippen MR) is 154 cm³/mol. The van der Waals surface area contributed by atoms with Crippen LogP contribution < -0.4 is 33.7 Å². The van der Waals surface area contributed by atoms with Crippen LogP contribution in [0.4, 0.5) is 5.13 Å². The molecule has 41 heavy (non-hydrogen) atoms. The zero-order valence-corrected chi connectivity index (χ0v) is 24.0. The average Bonchev–Trinajstić information content (AvgIpc) is 3.66. The number of aromatic nitrogens is 1. The Hall–Kier alpha value is -4.71. The molecule has 3 aromatic carbocycles. The highest BCUT2D eigenvalue weighted by Gasteiger charge is 2.27. The molecule has 0 bridgehead atoms. The van der Waals surface area contributed by atoms with Crippen molar-refractivity contribution in [2.24, 2.45) is 5.16 Å². The van der Waals surface area contributed by atoms with Crippen LogP contribution in [-0.2, 0) is 9.63 Å². The number of hydrogen-bond donors (Lipinski definition) is 1. The van der Waals surface area contributed by atoms with E-state index in [-0.39, 0.29) is 18.6 Å². The van der Waals surface area contributed by atoms with E-state index in [0.717, 1.165) is 32.8 Å². The van der Waals surface area contributed by atoms with Crippen LogP contribution in [-0.4, -0.2) is 58.8 Å². The molecular formula is C29H29N3O8S. The van der Waals surface area contributed by atoms with Crippen molar-refractivity contribution < 1.29 is 38.1 Å². The van der Waals surface area contributed by atoms with E-state index in [1.807, 2.05) is 36.4 Å². The Bertz CT molecular complexity index is 1580. The van der Waals surface area contributed by atoms with Gasteiger partial charge in [-0.25, -0.2) is 4.98 Å². The number of fused-ring (bicyclic) bond motifs is 1. The molecule has 0 saturated carbocycles. The molecular weight excluding hydrogens is 550 g/mol. The molecule has 0 radical (unpaired) electrons. The van der Waals surface area contributed by atoms with Crippen molar-refractivity contribution in [3.05, 3.63) is 59.7 Å². The maximum absolute atomic E-state index is 12.7. The van der Waals surface area contributed by atoms with E-state index in [0.29, 0.717) is 40.3 Å². The first-order valence-electron chi connectivity index (χ1n) is 12.5. The van der Waals surface area contributed by atoms with Crippen LogP contribution in [0.25, 0.3) is 10.2 Å². The quantitative estimate of drug-likeness (QED) is 0.255. The molecule has 1 unspecified atom stereocenters. The topological polar surface area (TPSA) is 119 Å². The number of hydrogen-bond acceptors (Lipinski definition) is 11. The number of oxime groups is 1. The fourth-order valence-corrected chi connectivity index (χ4v) is 5.28. The Kier molecular flexibility index (Phi) is 8.29. The van der Waals surface area contributed by atoms with Crippen molar-refractivity contribution in [3.63, 3.8) is 0 Å². The molecule has 1 aliphatic heterocycles. The van der Waals surface area contributed by atoms with Crippen molar-refractivity contribution in [2.45, 2.75) is 12.5 Å². The fourth-order valence-electron chi connectivity index (χ4n) is 4.36. The molecule has 2 heterocycles. The third-order valence-corrected chi connectivity index (χ3v) is 7.36. The van der Waals surface area contributed by atoms with Crippen molar-refractivity contribution in [2.75, 3.05) is 47.5 Å². The summed E-state index contributed by atoms with van der Waals surface area (Å²) in [4.78, 5) is 22.9. The van der Waals surface area contributed by atoms with Gasteiger partial charge in [0.1, 0.15) is 5.75 Å². The number of anilines is 1. The Balaban J connectivity index is 1.26. The zero-order chi connectivity index (χ0) is 28.9. The lowest BCUT2D eigenvalue weighted by molar-refractivity contribution is -0.118. The van der Waals surface area contributed by atoms with Crippen LogP contribution in [0.1, 0.15) is 23.7 Å². The first kappa shape index (κ1) is 27.8. The minimum absolute atomic E-state index is 0.238. The van der Waals surface area contributed by atoms with E-state index in [9.17, 15) is 4.79 Å². The molecule has 0 saturated heterocycles. The lowest BCUT2D eigenvalue weighted by atomic mass is 9.99. The Morgan fingerprint density at radius 3 is 2.34 bits per heavy atom. The molecule has 214 valence electrons. The van der Waals surface area contributed by atoms with Gasteiger partial charge in [-0.05, 0) is 48.0 Å². The monoisotopic (exact) mass is 579 g/mol. The van der Waals surface area contributed by atoms with Crippen LogP contribution in [0.5, 0.6) is 34.5 Å². The van der Waals surface area contributed by atoms with Gasteiger partial charge < -0.3 is 33.3 Å². The second-order valence-corrected chi connectivity index (χ2v) is 9.88. The van der Waals surface area contributed by atoms with Gasteiger partial charge in [-0.3, -0.25) is 10.1 Å². The lowest BCUT2D eigenvalue weighted by Crippen LogP contribution is -2.20. The summed E-state index contributed by atoms with van der Waals surface area (Å²) in [7, 11) is 7.82. The maximum Gasteiger partial charge on any atom is 0.264 e. The van der Waals surface area contributed by atoms with Gasteiger partial charge in [0.2, 0.25) is 5.75 Å². The van der Waals surface area contributed by atoms with Crippen LogP contribution >= 0.6 is 11.3 Å². The van der Waals surface area contributed by atoms with E-state index in [4.69, 9.17) is 33.3 Å². The molecule has 12 heteroatoms. The molecule has 0 spiro atoms. The van der Waals surface area contributed by atoms with Gasteiger partial charge in [0, 0.05) is 12.0 Å². The van der Waals surface area contributed by atoms with Crippen LogP contribution in [0, 0.1) is 0 Å². The highest BCUT2D eigenvalue weighted by molar-refractivity contribution is 7.22. The largest absolute Gasteiger partial charge is 0.497 e. The normalized spacial score (nSPS) is 14.2. The number of benzene rings is 3. The second kappa shape index (κ2) is 12.2. The minimum atomic E-state index is -0.370. The second-order valence-electron chi connectivity index (χ2n) is 8.85. The average molecular weight is 580 g/mol. The Morgan fingerprint density at radius 1 is 0.902 bits per heavy atom. The van der Waals surface area contributed by atoms with E-state index in [1.54, 1.807) is 40.6 Å². The summed E-state index contributed by atoms with van der Waals surface area (Å²) in [5.74, 6) is 2.81. The standard InChI is InChI=1S/C29H29N3O8S/c1-34-18-7-8-19-26(13-18)41-29(30-19)31-27(33)15-39-23-10-16(6-9-21(23)35-2)22-14-20(32-40-22)17-11-24(36-3)28(38-5)25(12-17)37-4/h6-13,22H,14-15H2,1-5H3,(H,30,31,33). The minimum Gasteiger partial charge on any atom is -0.497 e. The fraction of sp³-hybridized carbons (Fsp3) is 0.276. The molecule has 11 nitrogen and oxygen atoms in total. The molecule has 1 aliphatic rings. The third-order valence-electron chi connectivity index (χ3n) is 6.43. The molecule has 1 atom stereocenters. The number of carbonyl (C=O) groups is 1. The van der Waals surface area contributed by atoms with Gasteiger partial charge >= 0.3 is 0 Å². The van der Waals surface area contributed by atoms with E-state index < -0.39 is 0 Å². The number of carbonyl (C=O) groups excluding carboxylic acids is 1. The summed E-state index contributed by atoms with van der Waals surface area (Å²) in [5.41, 5.74) is 3.09. The number of methoxy groups -OCH3 is 5. The molecule has 1 amide bonds. The van der Waals surface area contributed by atoms with Crippen LogP contribution in [0.2, 0.25) is 0 Å². The summed E-state index contributed by atoms with van der Waals surface area (Å²) >= 11 is 1.35. The summed E-state index contributed by atoms with van der Waals surface area (Å²) in [6.07, 6.45) is 0.124. The SMILES string of the molecule is COc1ccc2nc(NC(=O)COc3cc(C4CC(c5cc(OC)c(OC)c(OC)c5)=NO4)ccc3OC)sc2c1. The molecule has 1 aromatic heterocycles.